The lowest BCUT2D eigenvalue weighted by molar-refractivity contribution is -0.144. The molecule has 1 aromatic rings. The molecule has 0 bridgehead atoms. The molecule has 1 fully saturated rings. The number of nitrogens with zero attached hydrogens (tertiary/aromatic N) is 1. The molecule has 1 unspecified atom stereocenters. The molecule has 1 atom stereocenters. The summed E-state index contributed by atoms with van der Waals surface area (Å²) in [6.45, 7) is 0.953. The van der Waals surface area contributed by atoms with Gasteiger partial charge in [0.2, 0.25) is 5.91 Å². The number of aryl methyl sites for hydroxylation is 1. The zero-order valence-electron chi connectivity index (χ0n) is 11.8. The van der Waals surface area contributed by atoms with Gasteiger partial charge in [-0.1, -0.05) is 0 Å². The summed E-state index contributed by atoms with van der Waals surface area (Å²) in [6.07, 6.45) is -3.89. The van der Waals surface area contributed by atoms with Crippen molar-refractivity contribution in [2.75, 3.05) is 25.0 Å². The first-order valence-corrected chi connectivity index (χ1v) is 7.50. The SMILES string of the molecule is Cc1cc(F)cc(Br)c1NC(=O)C1CCN(CC(F)(F)F)C1. The minimum Gasteiger partial charge on any atom is -0.325 e. The first-order chi connectivity index (χ1) is 10.2. The number of halogens is 5. The highest BCUT2D eigenvalue weighted by Gasteiger charge is 2.36. The first-order valence-electron chi connectivity index (χ1n) is 6.71. The minimum absolute atomic E-state index is 0.0726. The lowest BCUT2D eigenvalue weighted by atomic mass is 10.1. The number of benzene rings is 1. The van der Waals surface area contributed by atoms with Gasteiger partial charge in [-0.2, -0.15) is 13.2 Å². The van der Waals surface area contributed by atoms with Crippen LogP contribution in [0.5, 0.6) is 0 Å². The number of carbonyl (C=O) groups is 1. The number of likely N-dealkylation sites (tertiary alicyclic amines) is 1. The van der Waals surface area contributed by atoms with Crippen LogP contribution in [-0.2, 0) is 4.79 Å². The molecule has 1 aliphatic rings. The van der Waals surface area contributed by atoms with E-state index in [1.165, 1.54) is 17.0 Å². The van der Waals surface area contributed by atoms with Crippen molar-refractivity contribution in [1.82, 2.24) is 4.90 Å². The molecular weight excluding hydrogens is 368 g/mol. The van der Waals surface area contributed by atoms with Gasteiger partial charge in [0.25, 0.3) is 0 Å². The molecule has 8 heteroatoms. The fourth-order valence-electron chi connectivity index (χ4n) is 2.53. The van der Waals surface area contributed by atoms with Gasteiger partial charge in [0.15, 0.2) is 0 Å². The lowest BCUT2D eigenvalue weighted by Crippen LogP contribution is -2.34. The summed E-state index contributed by atoms with van der Waals surface area (Å²) >= 11 is 3.17. The number of rotatable bonds is 3. The van der Waals surface area contributed by atoms with Gasteiger partial charge in [-0.15, -0.1) is 0 Å². The van der Waals surface area contributed by atoms with Crippen molar-refractivity contribution >= 4 is 27.5 Å². The second kappa shape index (κ2) is 6.54. The third kappa shape index (κ3) is 4.42. The van der Waals surface area contributed by atoms with Crippen LogP contribution in [0.1, 0.15) is 12.0 Å². The van der Waals surface area contributed by atoms with E-state index < -0.39 is 24.5 Å². The van der Waals surface area contributed by atoms with Gasteiger partial charge < -0.3 is 5.32 Å². The molecule has 0 radical (unpaired) electrons. The lowest BCUT2D eigenvalue weighted by Gasteiger charge is -2.18. The third-order valence-corrected chi connectivity index (χ3v) is 4.17. The van der Waals surface area contributed by atoms with Crippen LogP contribution < -0.4 is 5.32 Å². The molecule has 1 N–H and O–H groups in total. The highest BCUT2D eigenvalue weighted by Crippen LogP contribution is 2.29. The second-order valence-corrected chi connectivity index (χ2v) is 6.26. The van der Waals surface area contributed by atoms with Gasteiger partial charge in [0.1, 0.15) is 5.82 Å². The van der Waals surface area contributed by atoms with Gasteiger partial charge in [0.05, 0.1) is 18.2 Å². The number of hydrogen-bond donors (Lipinski definition) is 1. The average molecular weight is 383 g/mol. The Hall–Kier alpha value is -1.15. The Kier molecular flexibility index (Phi) is 5.11. The van der Waals surface area contributed by atoms with Crippen molar-refractivity contribution in [3.05, 3.63) is 28.0 Å². The molecule has 1 heterocycles. The van der Waals surface area contributed by atoms with Crippen LogP contribution >= 0.6 is 15.9 Å². The highest BCUT2D eigenvalue weighted by atomic mass is 79.9. The maximum Gasteiger partial charge on any atom is 0.401 e. The van der Waals surface area contributed by atoms with Gasteiger partial charge in [-0.3, -0.25) is 9.69 Å². The van der Waals surface area contributed by atoms with E-state index in [-0.39, 0.29) is 19.0 Å². The van der Waals surface area contributed by atoms with Gasteiger partial charge in [-0.05, 0) is 53.5 Å². The summed E-state index contributed by atoms with van der Waals surface area (Å²) in [4.78, 5) is 13.4. The Bertz CT molecular complexity index is 553. The summed E-state index contributed by atoms with van der Waals surface area (Å²) < 4.78 is 50.6. The van der Waals surface area contributed by atoms with Crippen LogP contribution in [0.3, 0.4) is 0 Å². The molecule has 1 saturated heterocycles. The number of alkyl halides is 3. The topological polar surface area (TPSA) is 32.3 Å². The zero-order chi connectivity index (χ0) is 16.5. The third-order valence-electron chi connectivity index (χ3n) is 3.55. The minimum atomic E-state index is -4.26. The van der Waals surface area contributed by atoms with Crippen LogP contribution in [0.4, 0.5) is 23.2 Å². The predicted molar refractivity (Wildman–Crippen MR) is 78.1 cm³/mol. The Morgan fingerprint density at radius 3 is 2.73 bits per heavy atom. The molecule has 122 valence electrons. The number of nitrogens with one attached hydrogen (secondary N) is 1. The molecular formula is C14H15BrF4N2O. The van der Waals surface area contributed by atoms with Crippen molar-refractivity contribution in [3.8, 4) is 0 Å². The number of carbonyl (C=O) groups excluding carboxylic acids is 1. The number of hydrogen-bond acceptors (Lipinski definition) is 2. The van der Waals surface area contributed by atoms with E-state index in [4.69, 9.17) is 0 Å². The second-order valence-electron chi connectivity index (χ2n) is 5.40. The molecule has 1 aliphatic heterocycles. The number of anilines is 1. The van der Waals surface area contributed by atoms with Crippen molar-refractivity contribution in [2.24, 2.45) is 5.92 Å². The van der Waals surface area contributed by atoms with E-state index in [9.17, 15) is 22.4 Å². The van der Waals surface area contributed by atoms with Crippen LogP contribution in [0.25, 0.3) is 0 Å². The van der Waals surface area contributed by atoms with Crippen LogP contribution in [0.15, 0.2) is 16.6 Å². The molecule has 0 aromatic heterocycles. The highest BCUT2D eigenvalue weighted by molar-refractivity contribution is 9.10. The average Bonchev–Trinajstić information content (AvgIpc) is 2.79. The molecule has 2 rings (SSSR count). The van der Waals surface area contributed by atoms with Crippen molar-refractivity contribution < 1.29 is 22.4 Å². The zero-order valence-corrected chi connectivity index (χ0v) is 13.4. The normalized spacial score (nSPS) is 19.5. The summed E-state index contributed by atoms with van der Waals surface area (Å²) in [7, 11) is 0. The Morgan fingerprint density at radius 2 is 2.14 bits per heavy atom. The molecule has 3 nitrogen and oxygen atoms in total. The fraction of sp³-hybridized carbons (Fsp3) is 0.500. The molecule has 22 heavy (non-hydrogen) atoms. The van der Waals surface area contributed by atoms with E-state index in [0.717, 1.165) is 0 Å². The fourth-order valence-corrected chi connectivity index (χ4v) is 3.16. The van der Waals surface area contributed by atoms with E-state index in [1.807, 2.05) is 0 Å². The Morgan fingerprint density at radius 1 is 1.45 bits per heavy atom. The predicted octanol–water partition coefficient (Wildman–Crippen LogP) is 3.72. The van der Waals surface area contributed by atoms with E-state index in [2.05, 4.69) is 21.2 Å². The number of amides is 1. The largest absolute Gasteiger partial charge is 0.401 e. The van der Waals surface area contributed by atoms with E-state index in [0.29, 0.717) is 22.1 Å². The Balaban J connectivity index is 2.00. The van der Waals surface area contributed by atoms with Crippen molar-refractivity contribution in [2.45, 2.75) is 19.5 Å². The summed E-state index contributed by atoms with van der Waals surface area (Å²) in [5.41, 5.74) is 0.992. The summed E-state index contributed by atoms with van der Waals surface area (Å²) in [5, 5.41) is 2.67. The maximum atomic E-state index is 13.2. The van der Waals surface area contributed by atoms with Crippen LogP contribution in [0, 0.1) is 18.7 Å². The molecule has 1 aromatic carbocycles. The Labute approximate surface area is 133 Å². The van der Waals surface area contributed by atoms with Crippen molar-refractivity contribution in [1.29, 1.82) is 0 Å². The van der Waals surface area contributed by atoms with Gasteiger partial charge in [-0.25, -0.2) is 4.39 Å². The summed E-state index contributed by atoms with van der Waals surface area (Å²) in [5.74, 6) is -1.28. The van der Waals surface area contributed by atoms with E-state index >= 15 is 0 Å². The monoisotopic (exact) mass is 382 g/mol. The van der Waals surface area contributed by atoms with Gasteiger partial charge >= 0.3 is 6.18 Å². The summed E-state index contributed by atoms with van der Waals surface area (Å²) in [6, 6.07) is 2.51. The van der Waals surface area contributed by atoms with Gasteiger partial charge in [0, 0.05) is 11.0 Å². The molecule has 0 spiro atoms. The van der Waals surface area contributed by atoms with Crippen LogP contribution in [0.2, 0.25) is 0 Å². The maximum absolute atomic E-state index is 13.2. The van der Waals surface area contributed by atoms with Crippen LogP contribution in [-0.4, -0.2) is 36.6 Å². The molecule has 1 amide bonds. The molecule has 0 saturated carbocycles. The quantitative estimate of drug-likeness (QED) is 0.808. The first kappa shape index (κ1) is 17.2. The molecule has 0 aliphatic carbocycles. The standard InChI is InChI=1S/C14H15BrF4N2O/c1-8-4-10(16)5-11(15)12(8)20-13(22)9-2-3-21(6-9)7-14(17,18)19/h4-5,9H,2-3,6-7H2,1H3,(H,20,22). The van der Waals surface area contributed by atoms with E-state index in [1.54, 1.807) is 6.92 Å². The van der Waals surface area contributed by atoms with Crippen molar-refractivity contribution in [3.63, 3.8) is 0 Å². The smallest absolute Gasteiger partial charge is 0.325 e.